The second kappa shape index (κ2) is 4.85. The van der Waals surface area contributed by atoms with E-state index in [9.17, 15) is 9.59 Å². The van der Waals surface area contributed by atoms with Gasteiger partial charge in [-0.1, -0.05) is 6.07 Å². The number of hydrogen-bond donors (Lipinski definition) is 3. The molecule has 5 nitrogen and oxygen atoms in total. The smallest absolute Gasteiger partial charge is 0.243 e. The Hall–Kier alpha value is -2.14. The molecule has 1 aliphatic rings. The maximum Gasteiger partial charge on any atom is 0.243 e. The van der Waals surface area contributed by atoms with E-state index >= 15 is 0 Å². The van der Waals surface area contributed by atoms with Crippen molar-refractivity contribution in [2.75, 3.05) is 0 Å². The monoisotopic (exact) mass is 257 g/mol. The summed E-state index contributed by atoms with van der Waals surface area (Å²) in [5.74, 6) is -0.407. The van der Waals surface area contributed by atoms with Crippen LogP contribution in [0.3, 0.4) is 0 Å². The molecular formula is C14H15N3O2. The number of benzene rings is 1. The lowest BCUT2D eigenvalue weighted by molar-refractivity contribution is -0.134. The minimum Gasteiger partial charge on any atom is -0.361 e. The Labute approximate surface area is 110 Å². The second-order valence-electron chi connectivity index (χ2n) is 4.78. The van der Waals surface area contributed by atoms with E-state index in [0.717, 1.165) is 16.5 Å². The number of nitrogens with one attached hydrogen (secondary N) is 3. The van der Waals surface area contributed by atoms with Gasteiger partial charge in [0.2, 0.25) is 11.8 Å². The summed E-state index contributed by atoms with van der Waals surface area (Å²) in [7, 11) is 0. The number of amides is 2. The van der Waals surface area contributed by atoms with Crippen LogP contribution in [-0.4, -0.2) is 22.8 Å². The summed E-state index contributed by atoms with van der Waals surface area (Å²) in [5, 5.41) is 6.69. The average Bonchev–Trinajstić information content (AvgIpc) is 2.85. The van der Waals surface area contributed by atoms with Crippen LogP contribution < -0.4 is 10.6 Å². The van der Waals surface area contributed by atoms with E-state index in [2.05, 4.69) is 21.7 Å². The highest BCUT2D eigenvalue weighted by Gasteiger charge is 2.25. The first kappa shape index (κ1) is 11.9. The zero-order valence-electron chi connectivity index (χ0n) is 10.4. The van der Waals surface area contributed by atoms with Crippen LogP contribution >= 0.6 is 0 Å². The van der Waals surface area contributed by atoms with E-state index in [4.69, 9.17) is 0 Å². The number of aromatic amines is 1. The molecule has 1 aromatic carbocycles. The van der Waals surface area contributed by atoms with Crippen molar-refractivity contribution in [2.24, 2.45) is 0 Å². The fourth-order valence-corrected chi connectivity index (χ4v) is 2.34. The second-order valence-corrected chi connectivity index (χ2v) is 4.78. The molecule has 1 aromatic heterocycles. The van der Waals surface area contributed by atoms with Crippen molar-refractivity contribution >= 4 is 22.7 Å². The number of hydrogen-bond acceptors (Lipinski definition) is 3. The van der Waals surface area contributed by atoms with Gasteiger partial charge in [0.05, 0.1) is 6.04 Å². The molecule has 2 amide bonds. The molecule has 19 heavy (non-hydrogen) atoms. The molecular weight excluding hydrogens is 242 g/mol. The largest absolute Gasteiger partial charge is 0.361 e. The molecule has 0 saturated carbocycles. The molecule has 2 aromatic rings. The fraction of sp³-hybridized carbons (Fsp3) is 0.286. The van der Waals surface area contributed by atoms with Crippen molar-refractivity contribution in [1.82, 2.24) is 15.6 Å². The van der Waals surface area contributed by atoms with Gasteiger partial charge in [-0.15, -0.1) is 0 Å². The van der Waals surface area contributed by atoms with Gasteiger partial charge in [0.25, 0.3) is 0 Å². The zero-order valence-corrected chi connectivity index (χ0v) is 10.4. The highest BCUT2D eigenvalue weighted by atomic mass is 16.2. The van der Waals surface area contributed by atoms with Crippen LogP contribution in [0.15, 0.2) is 30.5 Å². The van der Waals surface area contributed by atoms with Crippen molar-refractivity contribution in [2.45, 2.75) is 25.4 Å². The van der Waals surface area contributed by atoms with Gasteiger partial charge in [0.15, 0.2) is 0 Å². The number of imide groups is 1. The third-order valence-electron chi connectivity index (χ3n) is 3.41. The van der Waals surface area contributed by atoms with Gasteiger partial charge < -0.3 is 10.3 Å². The molecule has 1 fully saturated rings. The van der Waals surface area contributed by atoms with Crippen LogP contribution in [0.4, 0.5) is 0 Å². The van der Waals surface area contributed by atoms with Gasteiger partial charge >= 0.3 is 0 Å². The quantitative estimate of drug-likeness (QED) is 0.720. The standard InChI is InChI=1S/C14H15N3O2/c18-13-4-3-12(14(19)17-13)16-8-9-1-2-11-10(7-9)5-6-15-11/h1-2,5-7,12,15-16H,3-4,8H2,(H,17,18,19). The Morgan fingerprint density at radius 1 is 1.26 bits per heavy atom. The van der Waals surface area contributed by atoms with Crippen LogP contribution in [0.5, 0.6) is 0 Å². The van der Waals surface area contributed by atoms with Crippen molar-refractivity contribution in [3.63, 3.8) is 0 Å². The van der Waals surface area contributed by atoms with Gasteiger partial charge in [-0.05, 0) is 35.6 Å². The summed E-state index contributed by atoms with van der Waals surface area (Å²) in [6, 6.07) is 7.88. The topological polar surface area (TPSA) is 74.0 Å². The summed E-state index contributed by atoms with van der Waals surface area (Å²) in [6.45, 7) is 0.618. The molecule has 1 saturated heterocycles. The molecule has 1 aliphatic heterocycles. The number of fused-ring (bicyclic) bond motifs is 1. The lowest BCUT2D eigenvalue weighted by Gasteiger charge is -2.21. The summed E-state index contributed by atoms with van der Waals surface area (Å²) in [5.41, 5.74) is 2.22. The highest BCUT2D eigenvalue weighted by Crippen LogP contribution is 2.14. The fourth-order valence-electron chi connectivity index (χ4n) is 2.34. The average molecular weight is 257 g/mol. The first-order valence-electron chi connectivity index (χ1n) is 6.35. The lowest BCUT2D eigenvalue weighted by atomic mass is 10.1. The summed E-state index contributed by atoms with van der Waals surface area (Å²) >= 11 is 0. The first-order chi connectivity index (χ1) is 9.22. The van der Waals surface area contributed by atoms with E-state index in [-0.39, 0.29) is 17.9 Å². The third-order valence-corrected chi connectivity index (χ3v) is 3.41. The van der Waals surface area contributed by atoms with E-state index in [1.54, 1.807) is 0 Å². The van der Waals surface area contributed by atoms with Gasteiger partial charge in [-0.3, -0.25) is 14.9 Å². The summed E-state index contributed by atoms with van der Waals surface area (Å²) < 4.78 is 0. The Bertz CT molecular complexity index is 632. The Balaban J connectivity index is 1.65. The highest BCUT2D eigenvalue weighted by molar-refractivity contribution is 6.00. The molecule has 0 aliphatic carbocycles. The number of carbonyl (C=O) groups excluding carboxylic acids is 2. The molecule has 5 heteroatoms. The van der Waals surface area contributed by atoms with Crippen molar-refractivity contribution in [1.29, 1.82) is 0 Å². The number of carbonyl (C=O) groups is 2. The van der Waals surface area contributed by atoms with Crippen molar-refractivity contribution < 1.29 is 9.59 Å². The Kier molecular flexibility index (Phi) is 3.05. The number of piperidine rings is 1. The number of aromatic nitrogens is 1. The SMILES string of the molecule is O=C1CCC(NCc2ccc3[nH]ccc3c2)C(=O)N1. The van der Waals surface area contributed by atoms with Crippen LogP contribution in [0.2, 0.25) is 0 Å². The van der Waals surface area contributed by atoms with Crippen LogP contribution in [-0.2, 0) is 16.1 Å². The van der Waals surface area contributed by atoms with Crippen molar-refractivity contribution in [3.05, 3.63) is 36.0 Å². The number of rotatable bonds is 3. The molecule has 3 N–H and O–H groups in total. The van der Waals surface area contributed by atoms with E-state index in [1.165, 1.54) is 0 Å². The van der Waals surface area contributed by atoms with Crippen LogP contribution in [0.25, 0.3) is 10.9 Å². The van der Waals surface area contributed by atoms with E-state index in [0.29, 0.717) is 19.4 Å². The maximum absolute atomic E-state index is 11.6. The Morgan fingerprint density at radius 3 is 3.00 bits per heavy atom. The molecule has 1 unspecified atom stereocenters. The third kappa shape index (κ3) is 2.51. The molecule has 0 bridgehead atoms. The maximum atomic E-state index is 11.6. The molecule has 98 valence electrons. The molecule has 0 spiro atoms. The molecule has 2 heterocycles. The van der Waals surface area contributed by atoms with Gasteiger partial charge in [0, 0.05) is 24.7 Å². The predicted molar refractivity (Wildman–Crippen MR) is 71.3 cm³/mol. The van der Waals surface area contributed by atoms with E-state index in [1.807, 2.05) is 24.4 Å². The summed E-state index contributed by atoms with van der Waals surface area (Å²) in [4.78, 5) is 25.8. The zero-order chi connectivity index (χ0) is 13.2. The van der Waals surface area contributed by atoms with Gasteiger partial charge in [-0.2, -0.15) is 0 Å². The lowest BCUT2D eigenvalue weighted by Crippen LogP contribution is -2.50. The van der Waals surface area contributed by atoms with Crippen LogP contribution in [0.1, 0.15) is 18.4 Å². The van der Waals surface area contributed by atoms with E-state index < -0.39 is 0 Å². The summed E-state index contributed by atoms with van der Waals surface area (Å²) in [6.07, 6.45) is 2.87. The predicted octanol–water partition coefficient (Wildman–Crippen LogP) is 1.06. The minimum absolute atomic E-state index is 0.184. The molecule has 0 radical (unpaired) electrons. The van der Waals surface area contributed by atoms with Gasteiger partial charge in [-0.25, -0.2) is 0 Å². The van der Waals surface area contributed by atoms with Crippen LogP contribution in [0, 0.1) is 0 Å². The Morgan fingerprint density at radius 2 is 2.16 bits per heavy atom. The van der Waals surface area contributed by atoms with Crippen molar-refractivity contribution in [3.8, 4) is 0 Å². The van der Waals surface area contributed by atoms with Gasteiger partial charge in [0.1, 0.15) is 0 Å². The molecule has 3 rings (SSSR count). The minimum atomic E-state index is -0.278. The first-order valence-corrected chi connectivity index (χ1v) is 6.35. The number of H-pyrrole nitrogens is 1. The molecule has 1 atom stereocenters. The normalized spacial score (nSPS) is 19.7.